The molecular formula is C18H23N5O2. The molecule has 7 nitrogen and oxygen atoms in total. The quantitative estimate of drug-likeness (QED) is 0.702. The lowest BCUT2D eigenvalue weighted by Gasteiger charge is -2.10. The van der Waals surface area contributed by atoms with Gasteiger partial charge in [0, 0.05) is 37.2 Å². The molecule has 25 heavy (non-hydrogen) atoms. The fourth-order valence-corrected chi connectivity index (χ4v) is 2.17. The molecule has 132 valence electrons. The van der Waals surface area contributed by atoms with Crippen molar-refractivity contribution in [2.75, 3.05) is 27.2 Å². The Bertz CT molecular complexity index is 704. The number of carbonyl (C=O) groups excluding carboxylic acids is 2. The molecule has 2 heterocycles. The van der Waals surface area contributed by atoms with Gasteiger partial charge in [0.25, 0.3) is 11.8 Å². The summed E-state index contributed by atoms with van der Waals surface area (Å²) in [5, 5.41) is 5.63. The molecule has 0 radical (unpaired) electrons. The topological polar surface area (TPSA) is 87.2 Å². The summed E-state index contributed by atoms with van der Waals surface area (Å²) in [6.45, 7) is 1.86. The van der Waals surface area contributed by atoms with E-state index >= 15 is 0 Å². The number of nitrogens with one attached hydrogen (secondary N) is 2. The summed E-state index contributed by atoms with van der Waals surface area (Å²) in [5.41, 5.74) is 1.60. The van der Waals surface area contributed by atoms with Gasteiger partial charge in [-0.25, -0.2) is 0 Å². The molecule has 0 aliphatic rings. The molecule has 0 bridgehead atoms. The zero-order chi connectivity index (χ0) is 18.1. The maximum atomic E-state index is 12.2. The van der Waals surface area contributed by atoms with Crippen LogP contribution in [0.1, 0.15) is 32.8 Å². The van der Waals surface area contributed by atoms with Crippen LogP contribution in [-0.4, -0.2) is 53.9 Å². The summed E-state index contributed by atoms with van der Waals surface area (Å²) in [4.78, 5) is 34.4. The predicted molar refractivity (Wildman–Crippen MR) is 95.1 cm³/mol. The van der Waals surface area contributed by atoms with Crippen molar-refractivity contribution in [1.29, 1.82) is 0 Å². The molecule has 0 fully saturated rings. The van der Waals surface area contributed by atoms with Crippen molar-refractivity contribution in [3.8, 4) is 0 Å². The third-order valence-electron chi connectivity index (χ3n) is 3.52. The molecule has 7 heteroatoms. The van der Waals surface area contributed by atoms with E-state index in [0.29, 0.717) is 18.7 Å². The van der Waals surface area contributed by atoms with Gasteiger partial charge in [0.05, 0.1) is 0 Å². The second-order valence-corrected chi connectivity index (χ2v) is 5.88. The normalized spacial score (nSPS) is 10.5. The van der Waals surface area contributed by atoms with Crippen molar-refractivity contribution in [3.63, 3.8) is 0 Å². The van der Waals surface area contributed by atoms with Crippen LogP contribution in [0.4, 0.5) is 0 Å². The van der Waals surface area contributed by atoms with Crippen molar-refractivity contribution in [2.24, 2.45) is 0 Å². The van der Waals surface area contributed by atoms with Crippen LogP contribution < -0.4 is 10.6 Å². The van der Waals surface area contributed by atoms with E-state index in [1.165, 1.54) is 12.3 Å². The average molecular weight is 341 g/mol. The summed E-state index contributed by atoms with van der Waals surface area (Å²) in [6.07, 6.45) is 5.67. The molecular weight excluding hydrogens is 318 g/mol. The van der Waals surface area contributed by atoms with Crippen LogP contribution >= 0.6 is 0 Å². The van der Waals surface area contributed by atoms with Gasteiger partial charge in [-0.15, -0.1) is 0 Å². The zero-order valence-electron chi connectivity index (χ0n) is 14.5. The maximum Gasteiger partial charge on any atom is 0.269 e. The SMILES string of the molecule is CN(C)CCCNC(=O)c1cc(C(=O)NCc2ccncc2)ccn1. The third-order valence-corrected chi connectivity index (χ3v) is 3.52. The van der Waals surface area contributed by atoms with E-state index in [0.717, 1.165) is 18.5 Å². The van der Waals surface area contributed by atoms with Gasteiger partial charge in [-0.05, 0) is 56.9 Å². The van der Waals surface area contributed by atoms with Gasteiger partial charge in [-0.3, -0.25) is 19.6 Å². The molecule has 2 amide bonds. The first kappa shape index (κ1) is 18.5. The van der Waals surface area contributed by atoms with E-state index in [4.69, 9.17) is 0 Å². The molecule has 2 aromatic heterocycles. The highest BCUT2D eigenvalue weighted by Gasteiger charge is 2.11. The Kier molecular flexibility index (Phi) is 7.03. The summed E-state index contributed by atoms with van der Waals surface area (Å²) >= 11 is 0. The molecule has 0 atom stereocenters. The smallest absolute Gasteiger partial charge is 0.269 e. The van der Waals surface area contributed by atoms with E-state index < -0.39 is 0 Å². The number of nitrogens with zero attached hydrogens (tertiary/aromatic N) is 3. The van der Waals surface area contributed by atoms with Gasteiger partial charge in [0.1, 0.15) is 5.69 Å². The van der Waals surface area contributed by atoms with Crippen LogP contribution in [0.2, 0.25) is 0 Å². The molecule has 0 aromatic carbocycles. The zero-order valence-corrected chi connectivity index (χ0v) is 14.5. The highest BCUT2D eigenvalue weighted by molar-refractivity contribution is 5.98. The van der Waals surface area contributed by atoms with E-state index in [2.05, 4.69) is 25.5 Å². The molecule has 2 N–H and O–H groups in total. The van der Waals surface area contributed by atoms with Crippen molar-refractivity contribution in [2.45, 2.75) is 13.0 Å². The number of pyridine rings is 2. The molecule has 0 unspecified atom stereocenters. The standard InChI is InChI=1S/C18H23N5O2/c1-23(2)11-3-7-21-18(25)16-12-15(6-10-20-16)17(24)22-13-14-4-8-19-9-5-14/h4-6,8-10,12H,3,7,11,13H2,1-2H3,(H,21,25)(H,22,24). The van der Waals surface area contributed by atoms with Gasteiger partial charge < -0.3 is 15.5 Å². The Morgan fingerprint density at radius 1 is 1.04 bits per heavy atom. The monoisotopic (exact) mass is 341 g/mol. The Morgan fingerprint density at radius 3 is 2.52 bits per heavy atom. The van der Waals surface area contributed by atoms with Crippen molar-refractivity contribution in [1.82, 2.24) is 25.5 Å². The Balaban J connectivity index is 1.88. The fourth-order valence-electron chi connectivity index (χ4n) is 2.17. The largest absolute Gasteiger partial charge is 0.351 e. The second-order valence-electron chi connectivity index (χ2n) is 5.88. The van der Waals surface area contributed by atoms with E-state index in [1.54, 1.807) is 18.5 Å². The van der Waals surface area contributed by atoms with Gasteiger partial charge in [-0.1, -0.05) is 0 Å². The first-order valence-electron chi connectivity index (χ1n) is 8.12. The van der Waals surface area contributed by atoms with Crippen molar-refractivity contribution < 1.29 is 9.59 Å². The number of rotatable bonds is 8. The number of aromatic nitrogens is 2. The van der Waals surface area contributed by atoms with Crippen molar-refractivity contribution >= 4 is 11.8 Å². The molecule has 2 aromatic rings. The minimum absolute atomic E-state index is 0.237. The number of hydrogen-bond acceptors (Lipinski definition) is 5. The highest BCUT2D eigenvalue weighted by atomic mass is 16.2. The molecule has 2 rings (SSSR count). The molecule has 0 spiro atoms. The Hall–Kier alpha value is -2.80. The van der Waals surface area contributed by atoms with Gasteiger partial charge in [-0.2, -0.15) is 0 Å². The van der Waals surface area contributed by atoms with Gasteiger partial charge in [0.15, 0.2) is 0 Å². The maximum absolute atomic E-state index is 12.2. The van der Waals surface area contributed by atoms with E-state index in [1.807, 2.05) is 26.2 Å². The average Bonchev–Trinajstić information content (AvgIpc) is 2.64. The lowest BCUT2D eigenvalue weighted by molar-refractivity contribution is 0.0947. The van der Waals surface area contributed by atoms with Crippen molar-refractivity contribution in [3.05, 3.63) is 59.7 Å². The van der Waals surface area contributed by atoms with Crippen LogP contribution in [0, 0.1) is 0 Å². The first-order valence-corrected chi connectivity index (χ1v) is 8.12. The minimum atomic E-state index is -0.275. The molecule has 0 saturated carbocycles. The highest BCUT2D eigenvalue weighted by Crippen LogP contribution is 2.03. The van der Waals surface area contributed by atoms with E-state index in [9.17, 15) is 9.59 Å². The second kappa shape index (κ2) is 9.48. The summed E-state index contributed by atoms with van der Waals surface area (Å²) in [5.74, 6) is -0.525. The van der Waals surface area contributed by atoms with Crippen LogP contribution in [0.25, 0.3) is 0 Å². The number of carbonyl (C=O) groups is 2. The van der Waals surface area contributed by atoms with Crippen LogP contribution in [0.5, 0.6) is 0 Å². The summed E-state index contributed by atoms with van der Waals surface area (Å²) in [7, 11) is 3.97. The first-order chi connectivity index (χ1) is 12.1. The fraction of sp³-hybridized carbons (Fsp3) is 0.333. The van der Waals surface area contributed by atoms with Gasteiger partial charge >= 0.3 is 0 Å². The third kappa shape index (κ3) is 6.31. The summed E-state index contributed by atoms with van der Waals surface area (Å²) in [6, 6.07) is 6.76. The Labute approximate surface area is 147 Å². The number of amides is 2. The molecule has 0 saturated heterocycles. The van der Waals surface area contributed by atoms with Crippen LogP contribution in [0.15, 0.2) is 42.9 Å². The minimum Gasteiger partial charge on any atom is -0.351 e. The van der Waals surface area contributed by atoms with Gasteiger partial charge in [0.2, 0.25) is 0 Å². The molecule has 0 aliphatic heterocycles. The summed E-state index contributed by atoms with van der Waals surface area (Å²) < 4.78 is 0. The Morgan fingerprint density at radius 2 is 1.80 bits per heavy atom. The number of hydrogen-bond donors (Lipinski definition) is 2. The molecule has 0 aliphatic carbocycles. The van der Waals surface area contributed by atoms with Crippen LogP contribution in [0.3, 0.4) is 0 Å². The predicted octanol–water partition coefficient (Wildman–Crippen LogP) is 1.09. The van der Waals surface area contributed by atoms with E-state index in [-0.39, 0.29) is 17.5 Å². The lowest BCUT2D eigenvalue weighted by atomic mass is 10.2. The lowest BCUT2D eigenvalue weighted by Crippen LogP contribution is -2.28. The van der Waals surface area contributed by atoms with Crippen LogP contribution in [-0.2, 0) is 6.54 Å².